The zero-order valence-electron chi connectivity index (χ0n) is 24.3. The van der Waals surface area contributed by atoms with Gasteiger partial charge in [-0.05, 0) is 71.3 Å². The predicted molar refractivity (Wildman–Crippen MR) is 165 cm³/mol. The number of nitrogens with zero attached hydrogens (tertiary/aromatic N) is 8. The monoisotopic (exact) mass is 594 g/mol. The largest absolute Gasteiger partial charge is 0.494 e. The van der Waals surface area contributed by atoms with Crippen molar-refractivity contribution in [2.45, 2.75) is 50.3 Å². The van der Waals surface area contributed by atoms with Crippen LogP contribution in [0, 0.1) is 0 Å². The second-order valence-electron chi connectivity index (χ2n) is 10.7. The minimum absolute atomic E-state index is 0.0429. The molecule has 1 amide bonds. The molecule has 3 aromatic rings. The van der Waals surface area contributed by atoms with E-state index >= 15 is 0 Å². The Morgan fingerprint density at radius 3 is 2.45 bits per heavy atom. The van der Waals surface area contributed by atoms with Crippen LogP contribution < -0.4 is 4.74 Å². The first-order valence-corrected chi connectivity index (χ1v) is 14.7. The van der Waals surface area contributed by atoms with Crippen molar-refractivity contribution in [2.75, 3.05) is 26.3 Å². The van der Waals surface area contributed by atoms with Crippen LogP contribution in [0.3, 0.4) is 0 Å². The van der Waals surface area contributed by atoms with Crippen molar-refractivity contribution in [1.29, 1.82) is 0 Å². The first-order chi connectivity index (χ1) is 21.6. The summed E-state index contributed by atoms with van der Waals surface area (Å²) >= 11 is 0. The molecule has 44 heavy (non-hydrogen) atoms. The molecule has 0 saturated carbocycles. The van der Waals surface area contributed by atoms with Crippen LogP contribution >= 0.6 is 0 Å². The number of azide groups is 2. The minimum atomic E-state index is -1.45. The number of benzene rings is 3. The molecule has 0 radical (unpaired) electrons. The molecule has 0 aliphatic carbocycles. The van der Waals surface area contributed by atoms with Crippen molar-refractivity contribution in [3.63, 3.8) is 0 Å². The maximum Gasteiger partial charge on any atom is 0.255 e. The summed E-state index contributed by atoms with van der Waals surface area (Å²) in [7, 11) is 0. The number of aliphatic hydroxyl groups is 1. The Morgan fingerprint density at radius 1 is 1.00 bits per heavy atom. The van der Waals surface area contributed by atoms with E-state index in [1.807, 2.05) is 53.4 Å². The van der Waals surface area contributed by atoms with Gasteiger partial charge < -0.3 is 19.5 Å². The van der Waals surface area contributed by atoms with Crippen molar-refractivity contribution < 1.29 is 19.4 Å². The van der Waals surface area contributed by atoms with Gasteiger partial charge in [0.2, 0.25) is 5.90 Å². The van der Waals surface area contributed by atoms with Crippen LogP contribution in [-0.4, -0.2) is 53.7 Å². The van der Waals surface area contributed by atoms with Crippen LogP contribution in [0.15, 0.2) is 88.0 Å². The van der Waals surface area contributed by atoms with E-state index in [2.05, 4.69) is 20.1 Å². The number of likely N-dealkylation sites (tertiary alicyclic amines) is 1. The van der Waals surface area contributed by atoms with Crippen molar-refractivity contribution in [3.05, 3.63) is 116 Å². The molecule has 2 aliphatic rings. The van der Waals surface area contributed by atoms with Gasteiger partial charge in [-0.15, -0.1) is 0 Å². The number of rotatable bonds is 12. The second-order valence-corrected chi connectivity index (χ2v) is 10.7. The molecule has 3 aromatic carbocycles. The number of hydrogen-bond donors (Lipinski definition) is 1. The Labute approximate surface area is 255 Å². The average Bonchev–Trinajstić information content (AvgIpc) is 3.45. The lowest BCUT2D eigenvalue weighted by Gasteiger charge is -2.38. The molecule has 12 heteroatoms. The molecule has 0 spiro atoms. The molecule has 1 fully saturated rings. The van der Waals surface area contributed by atoms with Crippen LogP contribution in [0.2, 0.25) is 0 Å². The van der Waals surface area contributed by atoms with Gasteiger partial charge in [0.25, 0.3) is 5.91 Å². The highest BCUT2D eigenvalue weighted by Crippen LogP contribution is 2.46. The van der Waals surface area contributed by atoms with Crippen molar-refractivity contribution in [2.24, 2.45) is 15.2 Å². The van der Waals surface area contributed by atoms with Gasteiger partial charge in [0.05, 0.1) is 13.2 Å². The summed E-state index contributed by atoms with van der Waals surface area (Å²) in [6.07, 6.45) is 2.61. The summed E-state index contributed by atoms with van der Waals surface area (Å²) in [6.45, 7) is 1.72. The van der Waals surface area contributed by atoms with Gasteiger partial charge in [-0.25, -0.2) is 4.99 Å². The van der Waals surface area contributed by atoms with Crippen molar-refractivity contribution >= 4 is 17.5 Å². The fourth-order valence-electron chi connectivity index (χ4n) is 5.75. The summed E-state index contributed by atoms with van der Waals surface area (Å²) in [5, 5.41) is 16.8. The van der Waals surface area contributed by atoms with Gasteiger partial charge in [-0.1, -0.05) is 58.8 Å². The zero-order chi connectivity index (χ0) is 30.8. The Bertz CT molecular complexity index is 1590. The predicted octanol–water partition coefficient (Wildman–Crippen LogP) is 6.71. The Balaban J connectivity index is 1.66. The molecule has 0 aromatic heterocycles. The third-order valence-corrected chi connectivity index (χ3v) is 7.90. The van der Waals surface area contributed by atoms with E-state index in [1.165, 1.54) is 0 Å². The van der Waals surface area contributed by atoms with E-state index in [1.54, 1.807) is 24.3 Å². The van der Waals surface area contributed by atoms with E-state index in [0.717, 1.165) is 24.8 Å². The Kier molecular flexibility index (Phi) is 9.99. The first-order valence-electron chi connectivity index (χ1n) is 14.7. The Morgan fingerprint density at radius 2 is 1.73 bits per heavy atom. The number of amides is 1. The third-order valence-electron chi connectivity index (χ3n) is 7.90. The van der Waals surface area contributed by atoms with Crippen LogP contribution in [0.25, 0.3) is 20.9 Å². The number of carbonyl (C=O) groups excluding carboxylic acids is 1. The van der Waals surface area contributed by atoms with E-state index in [0.29, 0.717) is 60.1 Å². The molecular weight excluding hydrogens is 560 g/mol. The molecule has 1 N–H and O–H groups in total. The van der Waals surface area contributed by atoms with Gasteiger partial charge in [0.15, 0.2) is 11.6 Å². The molecule has 12 nitrogen and oxygen atoms in total. The maximum atomic E-state index is 14.8. The number of hydrogen-bond acceptors (Lipinski definition) is 7. The molecule has 0 unspecified atom stereocenters. The summed E-state index contributed by atoms with van der Waals surface area (Å²) in [4.78, 5) is 27.8. The van der Waals surface area contributed by atoms with E-state index in [4.69, 9.17) is 25.1 Å². The van der Waals surface area contributed by atoms with Gasteiger partial charge in [0.1, 0.15) is 5.75 Å². The van der Waals surface area contributed by atoms with Crippen LogP contribution in [0.5, 0.6) is 5.75 Å². The standard InChI is InChI=1S/C32H34N8O4/c33-38-35-22-25-10-2-4-11-27(25)29-32(31(42)40-17-6-1-7-18-40,21-24-9-3-5-12-28(24)37-39-34)36-30(44-29)23-13-15-26(16-14-23)43-20-8-19-41/h2-5,9-16,29,41H,1,6-8,17-22H2/t29-,32-/m0/s1. The first kappa shape index (κ1) is 30.4. The fraction of sp³-hybridized carbons (Fsp3) is 0.375. The lowest BCUT2D eigenvalue weighted by atomic mass is 9.79. The zero-order valence-corrected chi connectivity index (χ0v) is 24.3. The molecule has 2 aliphatic heterocycles. The third kappa shape index (κ3) is 6.63. The fourth-order valence-corrected chi connectivity index (χ4v) is 5.75. The van der Waals surface area contributed by atoms with Gasteiger partial charge >= 0.3 is 0 Å². The lowest BCUT2D eigenvalue weighted by molar-refractivity contribution is -0.140. The molecule has 5 rings (SSSR count). The number of piperidine rings is 1. The van der Waals surface area contributed by atoms with Crippen LogP contribution in [0.1, 0.15) is 54.0 Å². The highest BCUT2D eigenvalue weighted by molar-refractivity contribution is 6.01. The normalized spacial score (nSPS) is 19.2. The topological polar surface area (TPSA) is 169 Å². The number of aliphatic imine (C=N–C) groups is 1. The second kappa shape index (κ2) is 14.4. The van der Waals surface area contributed by atoms with Crippen molar-refractivity contribution in [1.82, 2.24) is 4.90 Å². The van der Waals surface area contributed by atoms with Gasteiger partial charge in [-0.2, -0.15) is 0 Å². The Hall–Kier alpha value is -5.02. The van der Waals surface area contributed by atoms with Crippen molar-refractivity contribution in [3.8, 4) is 5.75 Å². The summed E-state index contributed by atoms with van der Waals surface area (Å²) in [5.74, 6) is 0.758. The summed E-state index contributed by atoms with van der Waals surface area (Å²) < 4.78 is 12.4. The SMILES string of the molecule is [N-]=[N+]=NCc1ccccc1[C@@H]1OC(c2ccc(OCCCO)cc2)=N[C@]1(Cc1ccccc1N=[N+]=[N-])C(=O)N1CCCCC1. The highest BCUT2D eigenvalue weighted by Gasteiger charge is 2.55. The van der Waals surface area contributed by atoms with Crippen LogP contribution in [0.4, 0.5) is 5.69 Å². The molecule has 2 heterocycles. The molecule has 2 atom stereocenters. The van der Waals surface area contributed by atoms with Gasteiger partial charge in [-0.3, -0.25) is 4.79 Å². The quantitative estimate of drug-likeness (QED) is 0.106. The number of carbonyl (C=O) groups is 1. The van der Waals surface area contributed by atoms with Gasteiger partial charge in [0, 0.05) is 53.6 Å². The molecular formula is C32H34N8O4. The minimum Gasteiger partial charge on any atom is -0.494 e. The number of aliphatic hydroxyl groups excluding tert-OH is 1. The lowest BCUT2D eigenvalue weighted by Crippen LogP contribution is -2.53. The highest BCUT2D eigenvalue weighted by atomic mass is 16.5. The molecule has 0 bridgehead atoms. The molecule has 1 saturated heterocycles. The maximum absolute atomic E-state index is 14.8. The van der Waals surface area contributed by atoms with E-state index in [9.17, 15) is 10.3 Å². The number of ether oxygens (including phenoxy) is 2. The smallest absolute Gasteiger partial charge is 0.255 e. The van der Waals surface area contributed by atoms with Crippen LogP contribution in [-0.2, 0) is 22.5 Å². The molecule has 226 valence electrons. The summed E-state index contributed by atoms with van der Waals surface area (Å²) in [5.41, 5.74) is 20.1. The van der Waals surface area contributed by atoms with E-state index < -0.39 is 11.6 Å². The average molecular weight is 595 g/mol. The van der Waals surface area contributed by atoms with E-state index in [-0.39, 0.29) is 25.5 Å². The summed E-state index contributed by atoms with van der Waals surface area (Å²) in [6, 6.07) is 21.9.